The van der Waals surface area contributed by atoms with Gasteiger partial charge in [-0.2, -0.15) is 5.10 Å². The summed E-state index contributed by atoms with van der Waals surface area (Å²) in [6.45, 7) is 2.20. The molecule has 0 aliphatic rings. The van der Waals surface area contributed by atoms with Gasteiger partial charge in [0.15, 0.2) is 0 Å². The van der Waals surface area contributed by atoms with Crippen molar-refractivity contribution >= 4 is 40.5 Å². The van der Waals surface area contributed by atoms with Crippen LogP contribution in [0.15, 0.2) is 65.8 Å². The topological polar surface area (TPSA) is 67.8 Å². The standard InChI is InChI=1S/C28H31ClN2O3/c1-2-3-4-5-6-7-8-17-27(32)31-30-20-24-22-14-10-9-13-21(22)18-19-26(24)34-28(33)23-15-11-12-16-25(23)29/h9-16,18-20H,2-8,17H2,1H3,(H,31,32)/b30-20+. The number of nitrogens with zero attached hydrogens (tertiary/aromatic N) is 1. The quantitative estimate of drug-likeness (QED) is 0.0975. The predicted molar refractivity (Wildman–Crippen MR) is 139 cm³/mol. The average molecular weight is 479 g/mol. The fourth-order valence-electron chi connectivity index (χ4n) is 3.75. The number of hydrogen-bond acceptors (Lipinski definition) is 4. The highest BCUT2D eigenvalue weighted by Gasteiger charge is 2.15. The van der Waals surface area contributed by atoms with Gasteiger partial charge in [-0.25, -0.2) is 10.2 Å². The molecule has 0 spiro atoms. The fraction of sp³-hybridized carbons (Fsp3) is 0.321. The number of benzene rings is 3. The van der Waals surface area contributed by atoms with Crippen LogP contribution in [0.3, 0.4) is 0 Å². The van der Waals surface area contributed by atoms with Gasteiger partial charge in [-0.05, 0) is 35.4 Å². The molecule has 34 heavy (non-hydrogen) atoms. The van der Waals surface area contributed by atoms with Gasteiger partial charge in [-0.15, -0.1) is 0 Å². The van der Waals surface area contributed by atoms with Crippen LogP contribution in [-0.4, -0.2) is 18.1 Å². The monoisotopic (exact) mass is 478 g/mol. The SMILES string of the molecule is CCCCCCCCCC(=O)N/N=C/c1c(OC(=O)c2ccccc2Cl)ccc2ccccc12. The number of nitrogens with one attached hydrogen (secondary N) is 1. The molecule has 0 heterocycles. The highest BCUT2D eigenvalue weighted by molar-refractivity contribution is 6.33. The molecular weight excluding hydrogens is 448 g/mol. The zero-order valence-corrected chi connectivity index (χ0v) is 20.3. The molecule has 6 heteroatoms. The maximum Gasteiger partial charge on any atom is 0.345 e. The predicted octanol–water partition coefficient (Wildman–Crippen LogP) is 7.30. The summed E-state index contributed by atoms with van der Waals surface area (Å²) in [4.78, 5) is 24.9. The van der Waals surface area contributed by atoms with Gasteiger partial charge in [0.25, 0.3) is 0 Å². The Morgan fingerprint density at radius 2 is 1.62 bits per heavy atom. The molecular formula is C28H31ClN2O3. The van der Waals surface area contributed by atoms with Crippen LogP contribution in [0.25, 0.3) is 10.8 Å². The molecule has 178 valence electrons. The summed E-state index contributed by atoms with van der Waals surface area (Å²) in [6, 6.07) is 18.1. The molecule has 0 aliphatic heterocycles. The number of ether oxygens (including phenoxy) is 1. The lowest BCUT2D eigenvalue weighted by Crippen LogP contribution is -2.17. The van der Waals surface area contributed by atoms with Gasteiger partial charge in [0.05, 0.1) is 16.8 Å². The first-order chi connectivity index (χ1) is 16.6. The Morgan fingerprint density at radius 3 is 2.41 bits per heavy atom. The zero-order chi connectivity index (χ0) is 24.2. The third-order valence-corrected chi connectivity index (χ3v) is 5.95. The van der Waals surface area contributed by atoms with Crippen LogP contribution >= 0.6 is 11.6 Å². The van der Waals surface area contributed by atoms with E-state index in [0.29, 0.717) is 22.8 Å². The molecule has 0 fully saturated rings. The first-order valence-electron chi connectivity index (χ1n) is 11.9. The molecule has 0 atom stereocenters. The van der Waals surface area contributed by atoms with Crippen molar-refractivity contribution < 1.29 is 14.3 Å². The maximum atomic E-state index is 12.7. The van der Waals surface area contributed by atoms with Gasteiger partial charge in [-0.1, -0.05) is 99.5 Å². The van der Waals surface area contributed by atoms with Crippen LogP contribution in [0.2, 0.25) is 5.02 Å². The highest BCUT2D eigenvalue weighted by Crippen LogP contribution is 2.28. The first-order valence-corrected chi connectivity index (χ1v) is 12.3. The number of fused-ring (bicyclic) bond motifs is 1. The van der Waals surface area contributed by atoms with Crippen LogP contribution in [0.4, 0.5) is 0 Å². The Balaban J connectivity index is 1.66. The Bertz CT molecular complexity index is 1140. The van der Waals surface area contributed by atoms with Gasteiger partial charge < -0.3 is 4.74 Å². The van der Waals surface area contributed by atoms with E-state index in [-0.39, 0.29) is 11.5 Å². The first kappa shape index (κ1) is 25.4. The van der Waals surface area contributed by atoms with Gasteiger partial charge in [0.2, 0.25) is 5.91 Å². The summed E-state index contributed by atoms with van der Waals surface area (Å²) >= 11 is 6.15. The number of rotatable bonds is 12. The minimum absolute atomic E-state index is 0.125. The zero-order valence-electron chi connectivity index (χ0n) is 19.6. The molecule has 3 aromatic rings. The van der Waals surface area contributed by atoms with Crippen LogP contribution in [-0.2, 0) is 4.79 Å². The molecule has 5 nitrogen and oxygen atoms in total. The molecule has 0 aliphatic carbocycles. The third kappa shape index (κ3) is 7.42. The molecule has 0 bridgehead atoms. The highest BCUT2D eigenvalue weighted by atomic mass is 35.5. The molecule has 0 radical (unpaired) electrons. The van der Waals surface area contributed by atoms with E-state index in [4.69, 9.17) is 16.3 Å². The molecule has 0 aromatic heterocycles. The van der Waals surface area contributed by atoms with Gasteiger partial charge >= 0.3 is 5.97 Å². The summed E-state index contributed by atoms with van der Waals surface area (Å²) in [5, 5.41) is 6.29. The van der Waals surface area contributed by atoms with Crippen molar-refractivity contribution in [3.63, 3.8) is 0 Å². The summed E-state index contributed by atoms with van der Waals surface area (Å²) in [5.74, 6) is -0.341. The molecule has 1 N–H and O–H groups in total. The van der Waals surface area contributed by atoms with E-state index in [0.717, 1.165) is 30.0 Å². The van der Waals surface area contributed by atoms with E-state index in [1.165, 1.54) is 31.9 Å². The normalized spacial score (nSPS) is 11.1. The van der Waals surface area contributed by atoms with E-state index >= 15 is 0 Å². The Labute approximate surface area is 206 Å². The van der Waals surface area contributed by atoms with Crippen molar-refractivity contribution in [1.82, 2.24) is 5.43 Å². The third-order valence-electron chi connectivity index (χ3n) is 5.62. The number of carbonyl (C=O) groups is 2. The Kier molecular flexibility index (Phi) is 10.1. The van der Waals surface area contributed by atoms with Gasteiger partial charge in [-0.3, -0.25) is 4.79 Å². The van der Waals surface area contributed by atoms with Crippen molar-refractivity contribution in [3.05, 3.63) is 76.8 Å². The molecule has 0 saturated carbocycles. The maximum absolute atomic E-state index is 12.7. The van der Waals surface area contributed by atoms with Gasteiger partial charge in [0, 0.05) is 12.0 Å². The van der Waals surface area contributed by atoms with Crippen molar-refractivity contribution in [2.75, 3.05) is 0 Å². The van der Waals surface area contributed by atoms with E-state index < -0.39 is 5.97 Å². The second-order valence-electron chi connectivity index (χ2n) is 8.23. The summed E-state index contributed by atoms with van der Waals surface area (Å²) < 4.78 is 5.67. The van der Waals surface area contributed by atoms with Gasteiger partial charge in [0.1, 0.15) is 5.75 Å². The molecule has 3 aromatic carbocycles. The Hall–Kier alpha value is -3.18. The summed E-state index contributed by atoms with van der Waals surface area (Å²) in [6.07, 6.45) is 10.0. The van der Waals surface area contributed by atoms with Crippen LogP contribution in [0, 0.1) is 0 Å². The van der Waals surface area contributed by atoms with Crippen LogP contribution < -0.4 is 10.2 Å². The lowest BCUT2D eigenvalue weighted by molar-refractivity contribution is -0.121. The number of halogens is 1. The van der Waals surface area contributed by atoms with E-state index in [1.807, 2.05) is 30.3 Å². The Morgan fingerprint density at radius 1 is 0.912 bits per heavy atom. The minimum Gasteiger partial charge on any atom is -0.422 e. The molecule has 0 unspecified atom stereocenters. The molecule has 0 saturated heterocycles. The lowest BCUT2D eigenvalue weighted by Gasteiger charge is -2.11. The second kappa shape index (κ2) is 13.5. The number of amides is 1. The molecule has 1 amide bonds. The van der Waals surface area contributed by atoms with E-state index in [9.17, 15) is 9.59 Å². The fourth-order valence-corrected chi connectivity index (χ4v) is 3.96. The lowest BCUT2D eigenvalue weighted by atomic mass is 10.0. The molecule has 3 rings (SSSR count). The van der Waals surface area contributed by atoms with E-state index in [2.05, 4.69) is 17.5 Å². The smallest absolute Gasteiger partial charge is 0.345 e. The minimum atomic E-state index is -0.557. The van der Waals surface area contributed by atoms with Crippen molar-refractivity contribution in [3.8, 4) is 5.75 Å². The number of unbranched alkanes of at least 4 members (excludes halogenated alkanes) is 6. The number of hydrogen-bond donors (Lipinski definition) is 1. The number of carbonyl (C=O) groups excluding carboxylic acids is 2. The van der Waals surface area contributed by atoms with Crippen molar-refractivity contribution in [2.45, 2.75) is 58.3 Å². The second-order valence-corrected chi connectivity index (χ2v) is 8.64. The van der Waals surface area contributed by atoms with Crippen LogP contribution in [0.5, 0.6) is 5.75 Å². The largest absolute Gasteiger partial charge is 0.422 e. The van der Waals surface area contributed by atoms with Crippen LogP contribution in [0.1, 0.15) is 74.2 Å². The average Bonchev–Trinajstić information content (AvgIpc) is 2.84. The van der Waals surface area contributed by atoms with Crippen molar-refractivity contribution in [2.24, 2.45) is 5.10 Å². The van der Waals surface area contributed by atoms with Crippen molar-refractivity contribution in [1.29, 1.82) is 0 Å². The summed E-state index contributed by atoms with van der Waals surface area (Å²) in [7, 11) is 0. The van der Waals surface area contributed by atoms with E-state index in [1.54, 1.807) is 30.3 Å². The number of hydrazone groups is 1. The number of esters is 1. The summed E-state index contributed by atoms with van der Waals surface area (Å²) in [5.41, 5.74) is 3.48.